The Labute approximate surface area is 146 Å². The van der Waals surface area contributed by atoms with Crippen LogP contribution in [0.1, 0.15) is 52.2 Å². The van der Waals surface area contributed by atoms with Crippen molar-refractivity contribution in [3.63, 3.8) is 0 Å². The van der Waals surface area contributed by atoms with Crippen molar-refractivity contribution in [2.75, 3.05) is 17.7 Å². The van der Waals surface area contributed by atoms with E-state index in [-0.39, 0.29) is 0 Å². The van der Waals surface area contributed by atoms with Gasteiger partial charge in [-0.1, -0.05) is 52.8 Å². The molecular weight excluding hydrogens is 306 g/mol. The topological polar surface area (TPSA) is 32.3 Å². The summed E-state index contributed by atoms with van der Waals surface area (Å²) in [5, 5.41) is 15.4. The zero-order chi connectivity index (χ0) is 17.8. The number of aryl methyl sites for hydroxylation is 1. The van der Waals surface area contributed by atoms with Crippen molar-refractivity contribution in [2.45, 2.75) is 54.4 Å². The molecule has 0 aromatic heterocycles. The van der Waals surface area contributed by atoms with E-state index in [0.29, 0.717) is 5.75 Å². The van der Waals surface area contributed by atoms with Crippen molar-refractivity contribution >= 4 is 28.1 Å². The number of nitrogens with one attached hydrogen (secondary N) is 1. The monoisotopic (exact) mass is 337 g/mol. The van der Waals surface area contributed by atoms with E-state index in [1.807, 2.05) is 52.8 Å². The SMILES string of the molecule is CC.CC.CCCCl.Cc1cccc2c(O)cc3c(c12)CCN3. The van der Waals surface area contributed by atoms with Gasteiger partial charge < -0.3 is 10.4 Å². The fraction of sp³-hybridized carbons (Fsp3) is 0.500. The summed E-state index contributed by atoms with van der Waals surface area (Å²) in [6.07, 6.45) is 2.14. The van der Waals surface area contributed by atoms with E-state index in [1.54, 1.807) is 0 Å². The zero-order valence-corrected chi connectivity index (χ0v) is 16.2. The summed E-state index contributed by atoms with van der Waals surface area (Å²) in [6, 6.07) is 7.91. The van der Waals surface area contributed by atoms with Crippen LogP contribution in [0.15, 0.2) is 24.3 Å². The molecule has 0 saturated heterocycles. The molecule has 0 atom stereocenters. The van der Waals surface area contributed by atoms with Crippen molar-refractivity contribution < 1.29 is 5.11 Å². The highest BCUT2D eigenvalue weighted by Crippen LogP contribution is 2.37. The largest absolute Gasteiger partial charge is 0.507 e. The van der Waals surface area contributed by atoms with Crippen LogP contribution in [0.5, 0.6) is 5.75 Å². The Bertz CT molecular complexity index is 579. The maximum Gasteiger partial charge on any atom is 0.125 e. The van der Waals surface area contributed by atoms with Crippen molar-refractivity contribution in [1.82, 2.24) is 0 Å². The van der Waals surface area contributed by atoms with Crippen LogP contribution in [-0.4, -0.2) is 17.5 Å². The summed E-state index contributed by atoms with van der Waals surface area (Å²) >= 11 is 5.19. The van der Waals surface area contributed by atoms with Crippen molar-refractivity contribution in [1.29, 1.82) is 0 Å². The first-order valence-corrected chi connectivity index (χ1v) is 9.26. The third kappa shape index (κ3) is 5.62. The molecule has 0 spiro atoms. The Balaban J connectivity index is 0.000000523. The Hall–Kier alpha value is -1.41. The van der Waals surface area contributed by atoms with Crippen LogP contribution in [0, 0.1) is 6.92 Å². The molecule has 0 radical (unpaired) electrons. The number of hydrogen-bond acceptors (Lipinski definition) is 2. The van der Waals surface area contributed by atoms with Gasteiger partial charge in [0.1, 0.15) is 5.75 Å². The maximum atomic E-state index is 9.92. The highest BCUT2D eigenvalue weighted by Gasteiger charge is 2.16. The van der Waals surface area contributed by atoms with Crippen LogP contribution in [0.3, 0.4) is 0 Å². The number of hydrogen-bond donors (Lipinski definition) is 2. The fourth-order valence-electron chi connectivity index (χ4n) is 2.46. The minimum atomic E-state index is 0.377. The molecule has 0 aliphatic carbocycles. The quantitative estimate of drug-likeness (QED) is 0.581. The normalized spacial score (nSPS) is 10.9. The predicted molar refractivity (Wildman–Crippen MR) is 106 cm³/mol. The second-order valence-corrected chi connectivity index (χ2v) is 5.16. The van der Waals surface area contributed by atoms with Gasteiger partial charge in [0.25, 0.3) is 0 Å². The molecular formula is C20H32ClNO. The number of benzene rings is 2. The maximum absolute atomic E-state index is 9.92. The highest BCUT2D eigenvalue weighted by atomic mass is 35.5. The number of halogens is 1. The Kier molecular flexibility index (Phi) is 11.3. The molecule has 3 heteroatoms. The third-order valence-corrected chi connectivity index (χ3v) is 3.71. The van der Waals surface area contributed by atoms with E-state index in [9.17, 15) is 5.11 Å². The van der Waals surface area contributed by atoms with E-state index in [0.717, 1.165) is 36.3 Å². The molecule has 0 fully saturated rings. The molecule has 3 rings (SSSR count). The lowest BCUT2D eigenvalue weighted by molar-refractivity contribution is 0.482. The lowest BCUT2D eigenvalue weighted by Gasteiger charge is -2.09. The molecule has 2 N–H and O–H groups in total. The van der Waals surface area contributed by atoms with E-state index >= 15 is 0 Å². The number of rotatable bonds is 1. The second-order valence-electron chi connectivity index (χ2n) is 4.79. The molecule has 0 bridgehead atoms. The van der Waals surface area contributed by atoms with Gasteiger partial charge in [-0.3, -0.25) is 0 Å². The first kappa shape index (κ1) is 21.6. The number of fused-ring (bicyclic) bond motifs is 3. The molecule has 2 aromatic rings. The average Bonchev–Trinajstić information content (AvgIpc) is 3.07. The van der Waals surface area contributed by atoms with Crippen molar-refractivity contribution in [3.05, 3.63) is 35.4 Å². The van der Waals surface area contributed by atoms with Gasteiger partial charge in [-0.05, 0) is 36.3 Å². The fourth-order valence-corrected chi connectivity index (χ4v) is 2.46. The van der Waals surface area contributed by atoms with Gasteiger partial charge in [0.2, 0.25) is 0 Å². The summed E-state index contributed by atoms with van der Waals surface area (Å²) in [6.45, 7) is 13.1. The van der Waals surface area contributed by atoms with Crippen LogP contribution in [0.25, 0.3) is 10.8 Å². The van der Waals surface area contributed by atoms with Crippen LogP contribution in [0.4, 0.5) is 5.69 Å². The van der Waals surface area contributed by atoms with Gasteiger partial charge in [0, 0.05) is 29.6 Å². The Morgan fingerprint density at radius 2 is 1.78 bits per heavy atom. The molecule has 0 unspecified atom stereocenters. The lowest BCUT2D eigenvalue weighted by atomic mass is 9.97. The Morgan fingerprint density at radius 1 is 1.17 bits per heavy atom. The first-order valence-electron chi connectivity index (χ1n) is 8.73. The number of phenols is 1. The molecule has 0 saturated carbocycles. The molecule has 23 heavy (non-hydrogen) atoms. The predicted octanol–water partition coefficient (Wildman–Crippen LogP) is 6.51. The lowest BCUT2D eigenvalue weighted by Crippen LogP contribution is -1.90. The number of anilines is 1. The minimum absolute atomic E-state index is 0.377. The molecule has 0 amide bonds. The zero-order valence-electron chi connectivity index (χ0n) is 15.5. The summed E-state index contributed by atoms with van der Waals surface area (Å²) in [5.74, 6) is 1.17. The van der Waals surface area contributed by atoms with Crippen LogP contribution in [-0.2, 0) is 6.42 Å². The van der Waals surface area contributed by atoms with Crippen molar-refractivity contribution in [2.24, 2.45) is 0 Å². The van der Waals surface area contributed by atoms with Crippen LogP contribution < -0.4 is 5.32 Å². The minimum Gasteiger partial charge on any atom is -0.507 e. The summed E-state index contributed by atoms with van der Waals surface area (Å²) in [4.78, 5) is 0. The standard InChI is InChI=1S/C13H13NO.C3H7Cl.2C2H6/c1-8-3-2-4-10-12(15)7-11-9(13(8)10)5-6-14-11;1-2-3-4;2*1-2/h2-4,7,14-15H,5-6H2,1H3;2-3H2,1H3;2*1-2H3. The van der Waals surface area contributed by atoms with Gasteiger partial charge >= 0.3 is 0 Å². The molecule has 2 aromatic carbocycles. The van der Waals surface area contributed by atoms with Gasteiger partial charge in [-0.15, -0.1) is 11.6 Å². The van der Waals surface area contributed by atoms with Crippen molar-refractivity contribution in [3.8, 4) is 5.75 Å². The molecule has 130 valence electrons. The number of phenolic OH excluding ortho intramolecular Hbond substituents is 1. The van der Waals surface area contributed by atoms with E-state index in [1.165, 1.54) is 16.5 Å². The Morgan fingerprint density at radius 3 is 2.35 bits per heavy atom. The van der Waals surface area contributed by atoms with Gasteiger partial charge in [0.15, 0.2) is 0 Å². The molecule has 1 aliphatic rings. The average molecular weight is 338 g/mol. The molecule has 2 nitrogen and oxygen atoms in total. The summed E-state index contributed by atoms with van der Waals surface area (Å²) in [7, 11) is 0. The van der Waals surface area contributed by atoms with Gasteiger partial charge in [0.05, 0.1) is 0 Å². The highest BCUT2D eigenvalue weighted by molar-refractivity contribution is 6.17. The molecule has 1 heterocycles. The van der Waals surface area contributed by atoms with E-state index in [2.05, 4.69) is 18.3 Å². The third-order valence-electron chi connectivity index (χ3n) is 3.34. The number of aromatic hydroxyl groups is 1. The smallest absolute Gasteiger partial charge is 0.125 e. The summed E-state index contributed by atoms with van der Waals surface area (Å²) < 4.78 is 0. The van der Waals surface area contributed by atoms with Crippen LogP contribution >= 0.6 is 11.6 Å². The summed E-state index contributed by atoms with van der Waals surface area (Å²) in [5.41, 5.74) is 3.68. The van der Waals surface area contributed by atoms with Gasteiger partial charge in [-0.2, -0.15) is 0 Å². The van der Waals surface area contributed by atoms with Gasteiger partial charge in [-0.25, -0.2) is 0 Å². The first-order chi connectivity index (χ1) is 11.2. The second kappa shape index (κ2) is 12.1. The van der Waals surface area contributed by atoms with E-state index in [4.69, 9.17) is 11.6 Å². The van der Waals surface area contributed by atoms with Crippen LogP contribution in [0.2, 0.25) is 0 Å². The number of alkyl halides is 1. The van der Waals surface area contributed by atoms with E-state index < -0.39 is 0 Å². The molecule has 1 aliphatic heterocycles.